The largest absolute Gasteiger partial charge is 0.374 e. The van der Waals surface area contributed by atoms with Crippen LogP contribution in [0, 0.1) is 25.2 Å². The Hall–Kier alpha value is -6.92. The van der Waals surface area contributed by atoms with Gasteiger partial charge in [-0.1, -0.05) is 60.7 Å². The number of nitrogens with one attached hydrogen (secondary N) is 4. The lowest BCUT2D eigenvalue weighted by Crippen LogP contribution is -2.39. The highest BCUT2D eigenvalue weighted by Crippen LogP contribution is 2.29. The number of nitrogens with zero attached hydrogens (tertiary/aromatic N) is 3. The lowest BCUT2D eigenvalue weighted by molar-refractivity contribution is -0.176. The summed E-state index contributed by atoms with van der Waals surface area (Å²) in [4.78, 5) is 35.5. The number of primary amides is 3. The van der Waals surface area contributed by atoms with Crippen molar-refractivity contribution in [3.05, 3.63) is 143 Å². The smallest absolute Gasteiger partial charge is 0.250 e. The molecule has 0 radical (unpaired) electrons. The van der Waals surface area contributed by atoms with E-state index in [0.29, 0.717) is 47.1 Å². The van der Waals surface area contributed by atoms with Gasteiger partial charge in [-0.2, -0.15) is 14.0 Å². The van der Waals surface area contributed by atoms with Gasteiger partial charge in [0.1, 0.15) is 28.2 Å². The summed E-state index contributed by atoms with van der Waals surface area (Å²) >= 11 is 2.58. The van der Waals surface area contributed by atoms with E-state index in [1.165, 1.54) is 23.1 Å². The lowest BCUT2D eigenvalue weighted by atomic mass is 10.1. The molecule has 2 aromatic heterocycles. The summed E-state index contributed by atoms with van der Waals surface area (Å²) in [6.07, 6.45) is 0. The van der Waals surface area contributed by atoms with Crippen molar-refractivity contribution in [1.29, 1.82) is 5.26 Å². The van der Waals surface area contributed by atoms with Crippen molar-refractivity contribution < 1.29 is 34.4 Å². The molecule has 61 heavy (non-hydrogen) atoms. The Morgan fingerprint density at radius 3 is 1.52 bits per heavy atom. The maximum Gasteiger partial charge on any atom is 0.250 e. The molecule has 0 saturated carbocycles. The van der Waals surface area contributed by atoms with Crippen molar-refractivity contribution in [2.24, 2.45) is 17.2 Å². The first-order chi connectivity index (χ1) is 29.5. The normalized spacial score (nSPS) is 11.3. The quantitative estimate of drug-likeness (QED) is 0.0317. The standard InChI is InChI=1S/C21H23N5O3S.C21H21N5O2S.H2O2/c1-13-9-19(30-26-13)25-17-10-15(7-8-16(17)20(22)27)24-18(21(23)28)12-29-11-14-5-3-2-4-6-14;1-14-9-20(29-26-14)25-18-10-17(8-7-16(18)11-22)24-19(21(23)27)13-28-12-15-5-3-2-4-6-15;1-2/h2-10,18,24-25H,11-12H2,1H3,(H2,22,27)(H2,23,28);2-10,19,24-25H,12-13H2,1H3,(H2,23,27);1-2H/t18-;19-;/m11./s1. The monoisotopic (exact) mass is 866 g/mol. The third-order valence-corrected chi connectivity index (χ3v) is 9.95. The van der Waals surface area contributed by atoms with Gasteiger partial charge in [-0.25, -0.2) is 0 Å². The zero-order valence-corrected chi connectivity index (χ0v) is 34.8. The molecule has 2 heterocycles. The number of amides is 3. The number of nitriles is 1. The summed E-state index contributed by atoms with van der Waals surface area (Å²) in [6, 6.07) is 33.9. The van der Waals surface area contributed by atoms with Crippen LogP contribution in [0.25, 0.3) is 0 Å². The lowest BCUT2D eigenvalue weighted by Gasteiger charge is -2.18. The van der Waals surface area contributed by atoms with Crippen molar-refractivity contribution in [3.8, 4) is 6.07 Å². The first-order valence-corrected chi connectivity index (χ1v) is 20.0. The van der Waals surface area contributed by atoms with E-state index in [9.17, 15) is 19.6 Å². The van der Waals surface area contributed by atoms with Gasteiger partial charge in [0, 0.05) is 11.4 Å². The highest BCUT2D eigenvalue weighted by molar-refractivity contribution is 7.10. The molecule has 318 valence electrons. The van der Waals surface area contributed by atoms with Crippen molar-refractivity contribution in [1.82, 2.24) is 8.75 Å². The molecule has 0 unspecified atom stereocenters. The predicted molar refractivity (Wildman–Crippen MR) is 237 cm³/mol. The fourth-order valence-corrected chi connectivity index (χ4v) is 6.78. The fraction of sp³-hybridized carbons (Fsp3) is 0.190. The Labute approximate surface area is 360 Å². The number of hydrogen-bond donors (Lipinski definition) is 9. The molecule has 6 rings (SSSR count). The second-order valence-corrected chi connectivity index (χ2v) is 14.7. The molecule has 0 fully saturated rings. The Bertz CT molecular complexity index is 2370. The Kier molecular flexibility index (Phi) is 18.6. The molecule has 4 aromatic carbocycles. The molecule has 3 amide bonds. The summed E-state index contributed by atoms with van der Waals surface area (Å²) < 4.78 is 19.7. The minimum atomic E-state index is -0.744. The number of hydrogen-bond acceptors (Lipinski definition) is 16. The minimum absolute atomic E-state index is 0.0958. The van der Waals surface area contributed by atoms with E-state index in [1.54, 1.807) is 36.4 Å². The molecule has 19 heteroatoms. The van der Waals surface area contributed by atoms with Gasteiger partial charge in [0.05, 0.1) is 60.3 Å². The predicted octanol–water partition coefficient (Wildman–Crippen LogP) is 6.34. The number of aryl methyl sites for hydroxylation is 2. The van der Waals surface area contributed by atoms with Gasteiger partial charge < -0.3 is 47.9 Å². The molecule has 2 atom stereocenters. The second kappa shape index (κ2) is 24.2. The third kappa shape index (κ3) is 15.3. The van der Waals surface area contributed by atoms with Crippen LogP contribution in [-0.4, -0.2) is 62.3 Å². The Balaban J connectivity index is 0.000000258. The zero-order valence-electron chi connectivity index (χ0n) is 33.2. The van der Waals surface area contributed by atoms with Crippen molar-refractivity contribution in [3.63, 3.8) is 0 Å². The number of carbonyl (C=O) groups is 3. The van der Waals surface area contributed by atoms with Crippen molar-refractivity contribution >= 4 is 73.5 Å². The molecule has 0 aliphatic carbocycles. The van der Waals surface area contributed by atoms with Gasteiger partial charge in [-0.05, 0) is 96.6 Å². The van der Waals surface area contributed by atoms with Crippen LogP contribution in [-0.2, 0) is 32.3 Å². The molecule has 0 spiro atoms. The van der Waals surface area contributed by atoms with Gasteiger partial charge in [-0.3, -0.25) is 24.9 Å². The molecular formula is C42H46N10O7S2. The molecule has 0 aliphatic rings. The summed E-state index contributed by atoms with van der Waals surface area (Å²) in [5.74, 6) is -1.63. The van der Waals surface area contributed by atoms with Gasteiger partial charge >= 0.3 is 0 Å². The van der Waals surface area contributed by atoms with Crippen LogP contribution in [0.4, 0.5) is 32.8 Å². The molecule has 12 N–H and O–H groups in total. The van der Waals surface area contributed by atoms with E-state index in [-0.39, 0.29) is 13.2 Å². The number of anilines is 6. The first kappa shape index (κ1) is 46.8. The van der Waals surface area contributed by atoms with Crippen LogP contribution >= 0.6 is 23.1 Å². The number of nitrogens with two attached hydrogens (primary N) is 3. The van der Waals surface area contributed by atoms with E-state index in [0.717, 1.165) is 32.5 Å². The molecule has 17 nitrogen and oxygen atoms in total. The number of rotatable bonds is 19. The van der Waals surface area contributed by atoms with E-state index in [4.69, 9.17) is 37.2 Å². The molecular weight excluding hydrogens is 821 g/mol. The Morgan fingerprint density at radius 1 is 0.672 bits per heavy atom. The molecule has 6 aromatic rings. The number of carbonyl (C=O) groups excluding carboxylic acids is 3. The summed E-state index contributed by atoms with van der Waals surface area (Å²) in [5.41, 5.74) is 23.5. The highest BCUT2D eigenvalue weighted by Gasteiger charge is 2.19. The average Bonchev–Trinajstić information content (AvgIpc) is 3.87. The number of aromatic nitrogens is 2. The van der Waals surface area contributed by atoms with E-state index in [1.807, 2.05) is 86.6 Å². The summed E-state index contributed by atoms with van der Waals surface area (Å²) in [7, 11) is 0. The fourth-order valence-electron chi connectivity index (χ4n) is 5.43. The highest BCUT2D eigenvalue weighted by atomic mass is 32.1. The van der Waals surface area contributed by atoms with Gasteiger partial charge in [0.25, 0.3) is 5.91 Å². The third-order valence-electron chi connectivity index (χ3n) is 8.36. The van der Waals surface area contributed by atoms with Crippen LogP contribution in [0.15, 0.2) is 109 Å². The SMILES string of the molecule is Cc1cc(Nc2cc(N[C@H](COCc3ccccc3)C(N)=O)ccc2C#N)sn1.Cc1cc(Nc2cc(N[C@H](COCc3ccccc3)C(N)=O)ccc2C(N)=O)sn1.OO. The minimum Gasteiger partial charge on any atom is -0.374 e. The maximum absolute atomic E-state index is 11.9. The van der Waals surface area contributed by atoms with Crippen LogP contribution in [0.5, 0.6) is 0 Å². The number of ether oxygens (including phenoxy) is 2. The second-order valence-electron chi connectivity index (χ2n) is 13.1. The van der Waals surface area contributed by atoms with Crippen LogP contribution in [0.1, 0.15) is 38.4 Å². The van der Waals surface area contributed by atoms with Gasteiger partial charge in [0.15, 0.2) is 0 Å². The van der Waals surface area contributed by atoms with E-state index < -0.39 is 29.8 Å². The molecule has 0 aliphatic heterocycles. The number of benzene rings is 4. The maximum atomic E-state index is 11.9. The van der Waals surface area contributed by atoms with Gasteiger partial charge in [0.2, 0.25) is 11.8 Å². The summed E-state index contributed by atoms with van der Waals surface area (Å²) in [6.45, 7) is 4.75. The van der Waals surface area contributed by atoms with Crippen LogP contribution in [0.2, 0.25) is 0 Å². The topological polar surface area (TPSA) is 286 Å². The van der Waals surface area contributed by atoms with Gasteiger partial charge in [-0.15, -0.1) is 0 Å². The van der Waals surface area contributed by atoms with Crippen LogP contribution in [0.3, 0.4) is 0 Å². The van der Waals surface area contributed by atoms with E-state index >= 15 is 0 Å². The Morgan fingerprint density at radius 2 is 1.11 bits per heavy atom. The van der Waals surface area contributed by atoms with Crippen molar-refractivity contribution in [2.45, 2.75) is 39.1 Å². The first-order valence-electron chi connectivity index (χ1n) is 18.4. The van der Waals surface area contributed by atoms with E-state index in [2.05, 4.69) is 36.1 Å². The zero-order chi connectivity index (χ0) is 44.1. The molecule has 0 bridgehead atoms. The molecule has 0 saturated heterocycles. The average molecular weight is 867 g/mol. The van der Waals surface area contributed by atoms with Crippen LogP contribution < -0.4 is 38.5 Å². The van der Waals surface area contributed by atoms with Crippen molar-refractivity contribution in [2.75, 3.05) is 34.5 Å². The summed E-state index contributed by atoms with van der Waals surface area (Å²) in [5, 5.41) is 35.5.